The molecule has 0 saturated heterocycles. The molecule has 4 rings (SSSR count). The standard InChI is InChI=1S/C18H16N4OS/c1-11(2)22-15(9-10-19-22)17(23)21-18-20-14-8-7-12-5-3-4-6-13(12)16(14)24-18/h3-11H,1-2H3,(H,20,21,23). The number of nitrogens with zero attached hydrogens (tertiary/aromatic N) is 3. The van der Waals surface area contributed by atoms with Crippen LogP contribution in [-0.4, -0.2) is 20.7 Å². The number of amides is 1. The molecular formula is C18H16N4OS. The average Bonchev–Trinajstić information content (AvgIpc) is 3.21. The Labute approximate surface area is 142 Å². The molecule has 120 valence electrons. The summed E-state index contributed by atoms with van der Waals surface area (Å²) in [5, 5.41) is 10.0. The fourth-order valence-corrected chi connectivity index (χ4v) is 3.77. The number of hydrogen-bond acceptors (Lipinski definition) is 4. The van der Waals surface area contributed by atoms with E-state index in [1.807, 2.05) is 32.0 Å². The first-order valence-corrected chi connectivity index (χ1v) is 8.58. The van der Waals surface area contributed by atoms with E-state index in [2.05, 4.69) is 33.6 Å². The largest absolute Gasteiger partial charge is 0.296 e. The number of anilines is 1. The summed E-state index contributed by atoms with van der Waals surface area (Å²) < 4.78 is 2.79. The van der Waals surface area contributed by atoms with Gasteiger partial charge in [0.15, 0.2) is 5.13 Å². The van der Waals surface area contributed by atoms with Crippen molar-refractivity contribution in [2.75, 3.05) is 5.32 Å². The molecule has 0 fully saturated rings. The van der Waals surface area contributed by atoms with Crippen molar-refractivity contribution in [2.45, 2.75) is 19.9 Å². The zero-order chi connectivity index (χ0) is 16.7. The van der Waals surface area contributed by atoms with Gasteiger partial charge in [-0.2, -0.15) is 5.10 Å². The molecule has 2 aromatic carbocycles. The van der Waals surface area contributed by atoms with Crippen molar-refractivity contribution in [3.63, 3.8) is 0 Å². The molecule has 4 aromatic rings. The topological polar surface area (TPSA) is 59.8 Å². The zero-order valence-corrected chi connectivity index (χ0v) is 14.2. The molecule has 0 aliphatic carbocycles. The molecule has 0 radical (unpaired) electrons. The van der Waals surface area contributed by atoms with Gasteiger partial charge in [0.25, 0.3) is 5.91 Å². The Morgan fingerprint density at radius 3 is 2.83 bits per heavy atom. The monoisotopic (exact) mass is 336 g/mol. The number of carbonyl (C=O) groups excluding carboxylic acids is 1. The van der Waals surface area contributed by atoms with Crippen molar-refractivity contribution in [2.24, 2.45) is 0 Å². The molecule has 6 heteroatoms. The van der Waals surface area contributed by atoms with Crippen molar-refractivity contribution in [1.29, 1.82) is 0 Å². The molecule has 0 aliphatic rings. The van der Waals surface area contributed by atoms with Crippen LogP contribution in [0, 0.1) is 0 Å². The minimum absolute atomic E-state index is 0.125. The van der Waals surface area contributed by atoms with Crippen LogP contribution in [0.5, 0.6) is 0 Å². The molecule has 1 amide bonds. The van der Waals surface area contributed by atoms with Gasteiger partial charge < -0.3 is 0 Å². The molecule has 0 bridgehead atoms. The van der Waals surface area contributed by atoms with Crippen molar-refractivity contribution < 1.29 is 4.79 Å². The van der Waals surface area contributed by atoms with Crippen molar-refractivity contribution in [1.82, 2.24) is 14.8 Å². The predicted octanol–water partition coefficient (Wildman–Crippen LogP) is 4.48. The molecule has 0 saturated carbocycles. The fourth-order valence-electron chi connectivity index (χ4n) is 2.78. The maximum absolute atomic E-state index is 12.5. The van der Waals surface area contributed by atoms with Gasteiger partial charge in [-0.15, -0.1) is 0 Å². The summed E-state index contributed by atoms with van der Waals surface area (Å²) in [7, 11) is 0. The van der Waals surface area contributed by atoms with E-state index in [0.29, 0.717) is 10.8 Å². The van der Waals surface area contributed by atoms with Gasteiger partial charge in [-0.1, -0.05) is 41.7 Å². The first-order valence-electron chi connectivity index (χ1n) is 7.76. The van der Waals surface area contributed by atoms with Crippen LogP contribution in [0.4, 0.5) is 5.13 Å². The predicted molar refractivity (Wildman–Crippen MR) is 97.7 cm³/mol. The minimum atomic E-state index is -0.190. The molecule has 0 unspecified atom stereocenters. The highest BCUT2D eigenvalue weighted by molar-refractivity contribution is 7.23. The lowest BCUT2D eigenvalue weighted by molar-refractivity contribution is 0.101. The number of rotatable bonds is 3. The number of aromatic nitrogens is 3. The normalized spacial score (nSPS) is 11.5. The summed E-state index contributed by atoms with van der Waals surface area (Å²) in [6, 6.07) is 14.1. The molecule has 1 N–H and O–H groups in total. The van der Waals surface area contributed by atoms with Gasteiger partial charge in [0.05, 0.1) is 10.2 Å². The Balaban J connectivity index is 1.71. The summed E-state index contributed by atoms with van der Waals surface area (Å²) >= 11 is 1.49. The van der Waals surface area contributed by atoms with Gasteiger partial charge in [-0.25, -0.2) is 4.98 Å². The Bertz CT molecular complexity index is 1050. The molecule has 2 heterocycles. The van der Waals surface area contributed by atoms with Crippen LogP contribution in [0.15, 0.2) is 48.7 Å². The second-order valence-electron chi connectivity index (χ2n) is 5.86. The Kier molecular flexibility index (Phi) is 3.54. The van der Waals surface area contributed by atoms with Crippen molar-refractivity contribution in [3.8, 4) is 0 Å². The lowest BCUT2D eigenvalue weighted by Gasteiger charge is -2.09. The third-order valence-corrected chi connectivity index (χ3v) is 4.91. The van der Waals surface area contributed by atoms with E-state index in [-0.39, 0.29) is 11.9 Å². The number of fused-ring (bicyclic) bond motifs is 3. The molecule has 5 nitrogen and oxygen atoms in total. The van der Waals surface area contributed by atoms with Crippen LogP contribution < -0.4 is 5.32 Å². The van der Waals surface area contributed by atoms with Crippen molar-refractivity contribution >= 4 is 43.4 Å². The highest BCUT2D eigenvalue weighted by atomic mass is 32.1. The van der Waals surface area contributed by atoms with E-state index in [1.54, 1.807) is 16.9 Å². The fraction of sp³-hybridized carbons (Fsp3) is 0.167. The number of carbonyl (C=O) groups is 1. The second-order valence-corrected chi connectivity index (χ2v) is 6.86. The third kappa shape index (κ3) is 2.45. The van der Waals surface area contributed by atoms with E-state index in [1.165, 1.54) is 16.7 Å². The summed E-state index contributed by atoms with van der Waals surface area (Å²) in [6.07, 6.45) is 1.64. The maximum atomic E-state index is 12.5. The zero-order valence-electron chi connectivity index (χ0n) is 13.4. The minimum Gasteiger partial charge on any atom is -0.296 e. The SMILES string of the molecule is CC(C)n1nccc1C(=O)Nc1nc2ccc3ccccc3c2s1. The van der Waals surface area contributed by atoms with Gasteiger partial charge in [0.2, 0.25) is 0 Å². The van der Waals surface area contributed by atoms with E-state index in [9.17, 15) is 4.79 Å². The lowest BCUT2D eigenvalue weighted by atomic mass is 10.1. The van der Waals surface area contributed by atoms with Crippen LogP contribution in [0.3, 0.4) is 0 Å². The summed E-state index contributed by atoms with van der Waals surface area (Å²) in [5.41, 5.74) is 1.43. The smallest absolute Gasteiger partial charge is 0.275 e. The molecule has 0 atom stereocenters. The molecular weight excluding hydrogens is 320 g/mol. The van der Waals surface area contributed by atoms with E-state index in [0.717, 1.165) is 15.6 Å². The third-order valence-electron chi connectivity index (χ3n) is 3.89. The molecule has 2 aromatic heterocycles. The van der Waals surface area contributed by atoms with Crippen LogP contribution in [0.25, 0.3) is 21.0 Å². The summed E-state index contributed by atoms with van der Waals surface area (Å²) in [6.45, 7) is 3.99. The molecule has 24 heavy (non-hydrogen) atoms. The summed E-state index contributed by atoms with van der Waals surface area (Å²) in [5.74, 6) is -0.190. The number of thiazole rings is 1. The first-order chi connectivity index (χ1) is 11.6. The number of benzene rings is 2. The van der Waals surface area contributed by atoms with E-state index in [4.69, 9.17) is 0 Å². The van der Waals surface area contributed by atoms with Crippen LogP contribution in [0.1, 0.15) is 30.4 Å². The van der Waals surface area contributed by atoms with Crippen molar-refractivity contribution in [3.05, 3.63) is 54.4 Å². The summed E-state index contributed by atoms with van der Waals surface area (Å²) in [4.78, 5) is 17.1. The lowest BCUT2D eigenvalue weighted by Crippen LogP contribution is -2.18. The van der Waals surface area contributed by atoms with Crippen LogP contribution in [-0.2, 0) is 0 Å². The highest BCUT2D eigenvalue weighted by Crippen LogP contribution is 2.32. The molecule has 0 aliphatic heterocycles. The van der Waals surface area contributed by atoms with Gasteiger partial charge in [0, 0.05) is 17.6 Å². The van der Waals surface area contributed by atoms with E-state index < -0.39 is 0 Å². The van der Waals surface area contributed by atoms with Gasteiger partial charge >= 0.3 is 0 Å². The average molecular weight is 336 g/mol. The van der Waals surface area contributed by atoms with Gasteiger partial charge in [0.1, 0.15) is 5.69 Å². The first kappa shape index (κ1) is 14.8. The molecule has 0 spiro atoms. The van der Waals surface area contributed by atoms with Crippen LogP contribution >= 0.6 is 11.3 Å². The quantitative estimate of drug-likeness (QED) is 0.600. The van der Waals surface area contributed by atoms with Gasteiger partial charge in [-0.05, 0) is 31.4 Å². The number of nitrogens with one attached hydrogen (secondary N) is 1. The number of hydrogen-bond donors (Lipinski definition) is 1. The maximum Gasteiger partial charge on any atom is 0.275 e. The van der Waals surface area contributed by atoms with Gasteiger partial charge in [-0.3, -0.25) is 14.8 Å². The second kappa shape index (κ2) is 5.72. The Morgan fingerprint density at radius 2 is 2.00 bits per heavy atom. The highest BCUT2D eigenvalue weighted by Gasteiger charge is 2.16. The van der Waals surface area contributed by atoms with Crippen LogP contribution in [0.2, 0.25) is 0 Å². The van der Waals surface area contributed by atoms with E-state index >= 15 is 0 Å². The Morgan fingerprint density at radius 1 is 1.17 bits per heavy atom. The Hall–Kier alpha value is -2.73.